The molecule has 0 aliphatic rings. The Morgan fingerprint density at radius 3 is 2.45 bits per heavy atom. The van der Waals surface area contributed by atoms with Gasteiger partial charge in [-0.3, -0.25) is 4.79 Å². The second kappa shape index (κ2) is 11.2. The van der Waals surface area contributed by atoms with E-state index in [0.717, 1.165) is 0 Å². The van der Waals surface area contributed by atoms with Gasteiger partial charge in [0, 0.05) is 12.2 Å². The topological polar surface area (TPSA) is 106 Å². The van der Waals surface area contributed by atoms with Gasteiger partial charge in [-0.05, 0) is 49.2 Å². The van der Waals surface area contributed by atoms with E-state index in [0.29, 0.717) is 39.9 Å². The standard InChI is InChI=1S/C23H25ClN4O4S/c1-14(2)12-28-21(15(3)32-19-7-5-4-6-18(19)24)26-27-23(28)33-13-20(29)25-17-10-8-16(9-11-17)22(30)31/h4-11,14-15H,12-13H2,1-3H3,(H,25,29)(H,30,31). The third-order valence-corrected chi connectivity index (χ3v) is 5.82. The lowest BCUT2D eigenvalue weighted by atomic mass is 10.2. The van der Waals surface area contributed by atoms with Crippen molar-refractivity contribution in [3.05, 3.63) is 64.9 Å². The summed E-state index contributed by atoms with van der Waals surface area (Å²) in [5, 5.41) is 21.5. The molecule has 33 heavy (non-hydrogen) atoms. The molecule has 0 fully saturated rings. The van der Waals surface area contributed by atoms with E-state index in [9.17, 15) is 9.59 Å². The number of aromatic nitrogens is 3. The molecule has 0 bridgehead atoms. The fraction of sp³-hybridized carbons (Fsp3) is 0.304. The summed E-state index contributed by atoms with van der Waals surface area (Å²) in [6.45, 7) is 6.72. The van der Waals surface area contributed by atoms with Crippen LogP contribution in [-0.2, 0) is 11.3 Å². The highest BCUT2D eigenvalue weighted by atomic mass is 35.5. The number of thioether (sulfide) groups is 1. The van der Waals surface area contributed by atoms with Gasteiger partial charge in [0.2, 0.25) is 5.91 Å². The molecule has 8 nitrogen and oxygen atoms in total. The summed E-state index contributed by atoms with van der Waals surface area (Å²) < 4.78 is 7.98. The number of carbonyl (C=O) groups excluding carboxylic acids is 1. The number of halogens is 1. The molecule has 1 aromatic heterocycles. The van der Waals surface area contributed by atoms with Crippen molar-refractivity contribution < 1.29 is 19.4 Å². The van der Waals surface area contributed by atoms with Crippen molar-refractivity contribution in [1.82, 2.24) is 14.8 Å². The van der Waals surface area contributed by atoms with Gasteiger partial charge in [-0.2, -0.15) is 0 Å². The molecule has 3 rings (SSSR count). The number of carboxylic acid groups (broad SMARTS) is 1. The van der Waals surface area contributed by atoms with Gasteiger partial charge in [0.15, 0.2) is 17.1 Å². The number of hydrogen-bond donors (Lipinski definition) is 2. The average Bonchev–Trinajstić information content (AvgIpc) is 3.16. The lowest BCUT2D eigenvalue weighted by Crippen LogP contribution is -2.17. The summed E-state index contributed by atoms with van der Waals surface area (Å²) >= 11 is 7.49. The van der Waals surface area contributed by atoms with Gasteiger partial charge in [0.05, 0.1) is 16.3 Å². The summed E-state index contributed by atoms with van der Waals surface area (Å²) in [6.07, 6.45) is -0.396. The first-order valence-electron chi connectivity index (χ1n) is 10.3. The SMILES string of the molecule is CC(C)Cn1c(SCC(=O)Nc2ccc(C(=O)O)cc2)nnc1C(C)Oc1ccccc1Cl. The van der Waals surface area contributed by atoms with Crippen molar-refractivity contribution in [2.24, 2.45) is 5.92 Å². The third-order valence-electron chi connectivity index (χ3n) is 4.55. The van der Waals surface area contributed by atoms with E-state index >= 15 is 0 Å². The number of aromatic carboxylic acids is 1. The van der Waals surface area contributed by atoms with Gasteiger partial charge in [0.25, 0.3) is 0 Å². The van der Waals surface area contributed by atoms with Gasteiger partial charge in [-0.15, -0.1) is 10.2 Å². The maximum Gasteiger partial charge on any atom is 0.335 e. The van der Waals surface area contributed by atoms with Gasteiger partial charge in [-0.25, -0.2) is 4.79 Å². The molecule has 2 N–H and O–H groups in total. The van der Waals surface area contributed by atoms with E-state index in [1.807, 2.05) is 23.6 Å². The Hall–Kier alpha value is -3.04. The van der Waals surface area contributed by atoms with Crippen molar-refractivity contribution in [1.29, 1.82) is 0 Å². The molecule has 1 amide bonds. The van der Waals surface area contributed by atoms with E-state index in [1.165, 1.54) is 23.9 Å². The summed E-state index contributed by atoms with van der Waals surface area (Å²) in [6, 6.07) is 13.2. The van der Waals surface area contributed by atoms with E-state index in [-0.39, 0.29) is 17.2 Å². The normalized spacial score (nSPS) is 11.9. The van der Waals surface area contributed by atoms with E-state index in [1.54, 1.807) is 24.3 Å². The largest absolute Gasteiger partial charge is 0.481 e. The summed E-state index contributed by atoms with van der Waals surface area (Å²) in [5.41, 5.74) is 0.682. The third kappa shape index (κ3) is 6.72. The minimum absolute atomic E-state index is 0.122. The number of carbonyl (C=O) groups is 2. The Labute approximate surface area is 201 Å². The van der Waals surface area contributed by atoms with Crippen LogP contribution in [0.15, 0.2) is 53.7 Å². The Morgan fingerprint density at radius 2 is 1.82 bits per heavy atom. The number of rotatable bonds is 10. The predicted octanol–water partition coefficient (Wildman–Crippen LogP) is 5.16. The van der Waals surface area contributed by atoms with Gasteiger partial charge >= 0.3 is 5.97 Å². The van der Waals surface area contributed by atoms with Crippen molar-refractivity contribution in [3.8, 4) is 5.75 Å². The Bertz CT molecular complexity index is 1120. The number of hydrogen-bond acceptors (Lipinski definition) is 6. The number of anilines is 1. The van der Waals surface area contributed by atoms with Crippen LogP contribution in [0.1, 0.15) is 43.1 Å². The Morgan fingerprint density at radius 1 is 1.12 bits per heavy atom. The number of para-hydroxylation sites is 1. The molecule has 1 heterocycles. The van der Waals surface area contributed by atoms with Crippen molar-refractivity contribution >= 4 is 40.9 Å². The summed E-state index contributed by atoms with van der Waals surface area (Å²) in [7, 11) is 0. The van der Waals surface area contributed by atoms with Gasteiger partial charge in [-0.1, -0.05) is 49.3 Å². The molecule has 174 valence electrons. The zero-order valence-corrected chi connectivity index (χ0v) is 20.1. The van der Waals surface area contributed by atoms with Gasteiger partial charge < -0.3 is 19.7 Å². The highest BCUT2D eigenvalue weighted by Crippen LogP contribution is 2.30. The zero-order valence-electron chi connectivity index (χ0n) is 18.5. The van der Waals surface area contributed by atoms with E-state index in [4.69, 9.17) is 21.4 Å². The Balaban J connectivity index is 1.68. The highest BCUT2D eigenvalue weighted by Gasteiger charge is 2.21. The van der Waals surface area contributed by atoms with Crippen LogP contribution in [0.4, 0.5) is 5.69 Å². The molecule has 0 saturated heterocycles. The minimum Gasteiger partial charge on any atom is -0.481 e. The maximum atomic E-state index is 12.4. The first-order valence-corrected chi connectivity index (χ1v) is 11.7. The number of benzene rings is 2. The second-order valence-electron chi connectivity index (χ2n) is 7.76. The average molecular weight is 489 g/mol. The van der Waals surface area contributed by atoms with Gasteiger partial charge in [0.1, 0.15) is 5.75 Å². The molecular weight excluding hydrogens is 464 g/mol. The van der Waals surface area contributed by atoms with E-state index in [2.05, 4.69) is 29.4 Å². The summed E-state index contributed by atoms with van der Waals surface area (Å²) in [4.78, 5) is 23.4. The molecule has 3 aromatic rings. The first-order chi connectivity index (χ1) is 15.7. The quantitative estimate of drug-likeness (QED) is 0.380. The fourth-order valence-corrected chi connectivity index (χ4v) is 3.99. The number of carboxylic acids is 1. The van der Waals surface area contributed by atoms with Crippen LogP contribution in [0.25, 0.3) is 0 Å². The first kappa shape index (κ1) is 24.6. The summed E-state index contributed by atoms with van der Waals surface area (Å²) in [5.74, 6) is 0.411. The lowest BCUT2D eigenvalue weighted by Gasteiger charge is -2.18. The van der Waals surface area contributed by atoms with Crippen LogP contribution in [0.2, 0.25) is 5.02 Å². The molecule has 0 spiro atoms. The fourth-order valence-electron chi connectivity index (χ4n) is 3.05. The molecule has 0 aliphatic carbocycles. The maximum absolute atomic E-state index is 12.4. The van der Waals surface area contributed by atoms with Crippen molar-refractivity contribution in [2.45, 2.75) is 38.6 Å². The number of amides is 1. The molecule has 1 unspecified atom stereocenters. The van der Waals surface area contributed by atoms with Crippen LogP contribution < -0.4 is 10.1 Å². The monoisotopic (exact) mass is 488 g/mol. The van der Waals surface area contributed by atoms with Crippen LogP contribution in [0.3, 0.4) is 0 Å². The highest BCUT2D eigenvalue weighted by molar-refractivity contribution is 7.99. The van der Waals surface area contributed by atoms with Crippen LogP contribution in [0.5, 0.6) is 5.75 Å². The number of nitrogens with one attached hydrogen (secondary N) is 1. The molecule has 2 aromatic carbocycles. The molecule has 0 saturated carbocycles. The lowest BCUT2D eigenvalue weighted by molar-refractivity contribution is -0.113. The van der Waals surface area contributed by atoms with Crippen LogP contribution in [-0.4, -0.2) is 37.5 Å². The minimum atomic E-state index is -1.02. The zero-order chi connectivity index (χ0) is 24.0. The van der Waals surface area contributed by atoms with Crippen LogP contribution in [0, 0.1) is 5.92 Å². The molecular formula is C23H25ClN4O4S. The van der Waals surface area contributed by atoms with Crippen molar-refractivity contribution in [2.75, 3.05) is 11.1 Å². The number of nitrogens with zero attached hydrogens (tertiary/aromatic N) is 3. The molecule has 0 radical (unpaired) electrons. The molecule has 0 aliphatic heterocycles. The number of ether oxygens (including phenoxy) is 1. The Kier molecular flexibility index (Phi) is 8.35. The smallest absolute Gasteiger partial charge is 0.335 e. The van der Waals surface area contributed by atoms with E-state index < -0.39 is 12.1 Å². The molecule has 1 atom stereocenters. The predicted molar refractivity (Wildman–Crippen MR) is 128 cm³/mol. The van der Waals surface area contributed by atoms with Crippen LogP contribution >= 0.6 is 23.4 Å². The molecule has 10 heteroatoms. The second-order valence-corrected chi connectivity index (χ2v) is 9.10. The van der Waals surface area contributed by atoms with Crippen molar-refractivity contribution in [3.63, 3.8) is 0 Å².